The second-order valence-electron chi connectivity index (χ2n) is 8.42. The number of nitrogens with two attached hydrogens (primary N) is 2. The van der Waals surface area contributed by atoms with Gasteiger partial charge in [-0.25, -0.2) is 15.8 Å². The first-order valence-corrected chi connectivity index (χ1v) is 12.1. The number of hydrogen-bond donors (Lipinski definition) is 4. The number of carbonyl (C=O) groups is 1. The van der Waals surface area contributed by atoms with Crippen molar-refractivity contribution in [3.05, 3.63) is 88.6 Å². The molecule has 4 rings (SSSR count). The summed E-state index contributed by atoms with van der Waals surface area (Å²) in [5, 5.41) is 7.60. The highest BCUT2D eigenvalue weighted by atomic mass is 32.1. The molecule has 0 saturated heterocycles. The molecule has 2 aromatic heterocycles. The molecule has 0 bridgehead atoms. The number of halogens is 3. The van der Waals surface area contributed by atoms with Gasteiger partial charge in [-0.05, 0) is 49.7 Å². The Morgan fingerprint density at radius 1 is 1.16 bits per heavy atom. The lowest BCUT2D eigenvalue weighted by Crippen LogP contribution is -2.26. The van der Waals surface area contributed by atoms with Crippen molar-refractivity contribution >= 4 is 39.4 Å². The van der Waals surface area contributed by atoms with E-state index in [0.717, 1.165) is 17.7 Å². The second-order valence-corrected chi connectivity index (χ2v) is 9.45. The number of carbonyl (C=O) groups excluding carboxylic acids is 1. The number of aryl methyl sites for hydroxylation is 2. The summed E-state index contributed by atoms with van der Waals surface area (Å²) < 4.78 is 42.2. The zero-order valence-electron chi connectivity index (χ0n) is 20.7. The van der Waals surface area contributed by atoms with Crippen LogP contribution < -0.4 is 27.2 Å². The Balaban J connectivity index is 1.61. The van der Waals surface area contributed by atoms with Crippen LogP contribution in [0.2, 0.25) is 0 Å². The first-order chi connectivity index (χ1) is 17.9. The van der Waals surface area contributed by atoms with E-state index in [4.69, 9.17) is 11.6 Å². The van der Waals surface area contributed by atoms with Gasteiger partial charge >= 0.3 is 6.18 Å². The van der Waals surface area contributed by atoms with Gasteiger partial charge in [0.15, 0.2) is 5.13 Å². The summed E-state index contributed by atoms with van der Waals surface area (Å²) in [6.45, 7) is 3.54. The first-order valence-electron chi connectivity index (χ1n) is 11.2. The van der Waals surface area contributed by atoms with E-state index in [1.54, 1.807) is 44.6 Å². The molecule has 2 aromatic carbocycles. The third-order valence-corrected chi connectivity index (χ3v) is 6.61. The molecular formula is C25H25F3N8OS. The first kappa shape index (κ1) is 26.7. The molecule has 2 heterocycles. The van der Waals surface area contributed by atoms with Gasteiger partial charge in [-0.2, -0.15) is 13.2 Å². The second kappa shape index (κ2) is 10.6. The van der Waals surface area contributed by atoms with Gasteiger partial charge in [-0.15, -0.1) is 0 Å². The molecule has 0 radical (unpaired) electrons. The van der Waals surface area contributed by atoms with Crippen LogP contribution in [0.15, 0.2) is 61.3 Å². The molecule has 9 nitrogen and oxygen atoms in total. The lowest BCUT2D eigenvalue weighted by Gasteiger charge is -2.19. The zero-order chi connectivity index (χ0) is 27.6. The van der Waals surface area contributed by atoms with E-state index in [-0.39, 0.29) is 11.3 Å². The summed E-state index contributed by atoms with van der Waals surface area (Å²) in [7, 11) is 1.75. The van der Waals surface area contributed by atoms with Crippen molar-refractivity contribution in [3.63, 3.8) is 0 Å². The molecule has 0 fully saturated rings. The average Bonchev–Trinajstić information content (AvgIpc) is 3.53. The van der Waals surface area contributed by atoms with Gasteiger partial charge in [0, 0.05) is 42.6 Å². The van der Waals surface area contributed by atoms with Crippen LogP contribution in [0.5, 0.6) is 0 Å². The Labute approximate surface area is 220 Å². The Hall–Kier alpha value is -4.36. The fourth-order valence-electron chi connectivity index (χ4n) is 3.59. The number of nitrogens with one attached hydrogen (secondary N) is 2. The maximum atomic E-state index is 13.6. The number of hydrogen-bond acceptors (Lipinski definition) is 8. The van der Waals surface area contributed by atoms with Gasteiger partial charge in [-0.1, -0.05) is 17.4 Å². The fraction of sp³-hybridized carbons (Fsp3) is 0.160. The van der Waals surface area contributed by atoms with Gasteiger partial charge in [-0.3, -0.25) is 9.80 Å². The molecular weight excluding hydrogens is 517 g/mol. The molecule has 0 aliphatic carbocycles. The SMILES string of the molecule is CNc1ncc(/C(N)=C/N(N)c2cc(NC(=O)c3cc(-n4cnc(C)c4)cc(C(F)(F)F)c3)ccc2C)s1. The molecule has 0 aliphatic heterocycles. The van der Waals surface area contributed by atoms with Crippen LogP contribution >= 0.6 is 11.3 Å². The van der Waals surface area contributed by atoms with Crippen molar-refractivity contribution in [3.8, 4) is 5.69 Å². The standard InChI is InChI=1S/C25H25F3N8OS/c1-14-4-5-18(9-21(14)36(30)12-20(29)22-10-32-24(31-3)38-22)34-23(37)16-6-17(25(26,27)28)8-19(7-16)35-11-15(2)33-13-35/h4-13H,29-30H2,1-3H3,(H,31,32)(H,34,37)/b20-12-. The number of alkyl halides is 3. The summed E-state index contributed by atoms with van der Waals surface area (Å²) in [6.07, 6.45) is 1.46. The summed E-state index contributed by atoms with van der Waals surface area (Å²) in [5.41, 5.74) is 7.88. The van der Waals surface area contributed by atoms with Crippen molar-refractivity contribution in [2.24, 2.45) is 11.6 Å². The Morgan fingerprint density at radius 2 is 1.92 bits per heavy atom. The van der Waals surface area contributed by atoms with E-state index >= 15 is 0 Å². The van der Waals surface area contributed by atoms with Gasteiger partial charge in [0.25, 0.3) is 5.91 Å². The molecule has 6 N–H and O–H groups in total. The summed E-state index contributed by atoms with van der Waals surface area (Å²) >= 11 is 1.35. The zero-order valence-corrected chi connectivity index (χ0v) is 21.5. The lowest BCUT2D eigenvalue weighted by molar-refractivity contribution is -0.137. The van der Waals surface area contributed by atoms with E-state index in [1.807, 2.05) is 6.92 Å². The molecule has 4 aromatic rings. The fourth-order valence-corrected chi connectivity index (χ4v) is 4.28. The summed E-state index contributed by atoms with van der Waals surface area (Å²) in [5.74, 6) is 5.52. The monoisotopic (exact) mass is 542 g/mol. The van der Waals surface area contributed by atoms with Crippen molar-refractivity contribution in [1.82, 2.24) is 14.5 Å². The summed E-state index contributed by atoms with van der Waals surface area (Å²) in [4.78, 5) is 22.0. The Bertz CT molecular complexity index is 1510. The molecule has 0 unspecified atom stereocenters. The van der Waals surface area contributed by atoms with E-state index < -0.39 is 17.6 Å². The third-order valence-electron chi connectivity index (χ3n) is 5.54. The molecule has 38 heavy (non-hydrogen) atoms. The van der Waals surface area contributed by atoms with Crippen LogP contribution in [0.25, 0.3) is 11.4 Å². The number of rotatable bonds is 7. The van der Waals surface area contributed by atoms with E-state index in [1.165, 1.54) is 39.5 Å². The molecule has 198 valence electrons. The molecule has 13 heteroatoms. The maximum Gasteiger partial charge on any atom is 0.416 e. The van der Waals surface area contributed by atoms with Crippen LogP contribution in [-0.4, -0.2) is 27.5 Å². The van der Waals surface area contributed by atoms with Crippen LogP contribution in [0, 0.1) is 13.8 Å². The maximum absolute atomic E-state index is 13.6. The lowest BCUT2D eigenvalue weighted by atomic mass is 10.1. The van der Waals surface area contributed by atoms with Gasteiger partial charge in [0.2, 0.25) is 0 Å². The Kier molecular flexibility index (Phi) is 7.41. The number of imidazole rings is 1. The number of anilines is 3. The third kappa shape index (κ3) is 5.95. The summed E-state index contributed by atoms with van der Waals surface area (Å²) in [6, 6.07) is 8.11. The smallest absolute Gasteiger partial charge is 0.396 e. The predicted molar refractivity (Wildman–Crippen MR) is 143 cm³/mol. The largest absolute Gasteiger partial charge is 0.416 e. The van der Waals surface area contributed by atoms with Crippen LogP contribution in [0.4, 0.5) is 29.7 Å². The number of aromatic nitrogens is 3. The van der Waals surface area contributed by atoms with Gasteiger partial charge in [0.1, 0.15) is 0 Å². The molecule has 0 saturated carbocycles. The minimum absolute atomic E-state index is 0.161. The topological polar surface area (TPSA) is 127 Å². The molecule has 0 spiro atoms. The highest BCUT2D eigenvalue weighted by Crippen LogP contribution is 2.32. The number of amides is 1. The molecule has 0 aliphatic rings. The quantitative estimate of drug-likeness (QED) is 0.193. The van der Waals surface area contributed by atoms with Crippen molar-refractivity contribution in [2.75, 3.05) is 22.7 Å². The van der Waals surface area contributed by atoms with Gasteiger partial charge in [0.05, 0.1) is 33.8 Å². The normalized spacial score (nSPS) is 11.9. The van der Waals surface area contributed by atoms with Crippen LogP contribution in [0.3, 0.4) is 0 Å². The minimum atomic E-state index is -4.64. The number of thiazole rings is 1. The number of benzene rings is 2. The predicted octanol–water partition coefficient (Wildman–Crippen LogP) is 4.90. The van der Waals surface area contributed by atoms with Crippen LogP contribution in [0.1, 0.15) is 32.1 Å². The highest BCUT2D eigenvalue weighted by Gasteiger charge is 2.32. The van der Waals surface area contributed by atoms with E-state index in [9.17, 15) is 18.0 Å². The highest BCUT2D eigenvalue weighted by molar-refractivity contribution is 7.16. The van der Waals surface area contributed by atoms with Crippen LogP contribution in [-0.2, 0) is 6.18 Å². The number of nitrogens with zero attached hydrogens (tertiary/aromatic N) is 4. The minimum Gasteiger partial charge on any atom is -0.396 e. The van der Waals surface area contributed by atoms with E-state index in [0.29, 0.717) is 32.8 Å². The van der Waals surface area contributed by atoms with Gasteiger partial charge < -0.3 is 20.9 Å². The van der Waals surface area contributed by atoms with Crippen molar-refractivity contribution in [1.29, 1.82) is 0 Å². The number of hydrazine groups is 1. The Morgan fingerprint density at radius 3 is 2.55 bits per heavy atom. The molecule has 1 amide bonds. The van der Waals surface area contributed by atoms with E-state index in [2.05, 4.69) is 20.6 Å². The average molecular weight is 543 g/mol. The van der Waals surface area contributed by atoms with Crippen molar-refractivity contribution < 1.29 is 18.0 Å². The molecule has 0 atom stereocenters. The van der Waals surface area contributed by atoms with Crippen molar-refractivity contribution in [2.45, 2.75) is 20.0 Å².